The lowest BCUT2D eigenvalue weighted by Crippen LogP contribution is -2.29. The first-order valence-electron chi connectivity index (χ1n) is 9.45. The summed E-state index contributed by atoms with van der Waals surface area (Å²) in [6.45, 7) is 1.72. The highest BCUT2D eigenvalue weighted by molar-refractivity contribution is 7.15. The van der Waals surface area contributed by atoms with Crippen molar-refractivity contribution in [2.45, 2.75) is 13.0 Å². The maximum Gasteiger partial charge on any atom is 0.301 e. The van der Waals surface area contributed by atoms with Crippen LogP contribution in [0, 0.1) is 12.7 Å². The third-order valence-electron chi connectivity index (χ3n) is 5.02. The number of amides is 1. The number of hydrogen-bond donors (Lipinski definition) is 1. The number of para-hydroxylation sites is 1. The average Bonchev–Trinajstić information content (AvgIpc) is 3.33. The molecule has 164 valence electrons. The largest absolute Gasteiger partial charge is 0.507 e. The van der Waals surface area contributed by atoms with Gasteiger partial charge in [0.05, 0.1) is 19.8 Å². The molecule has 1 N–H and O–H groups in total. The number of methoxy groups -OCH3 is 2. The fourth-order valence-corrected chi connectivity index (χ4v) is 4.28. The first kappa shape index (κ1) is 21.4. The van der Waals surface area contributed by atoms with E-state index in [1.807, 2.05) is 0 Å². The van der Waals surface area contributed by atoms with Crippen LogP contribution in [-0.4, -0.2) is 41.2 Å². The van der Waals surface area contributed by atoms with E-state index in [1.54, 1.807) is 31.2 Å². The van der Waals surface area contributed by atoms with E-state index in [0.29, 0.717) is 16.3 Å². The topological polar surface area (TPSA) is 102 Å². The number of aryl methyl sites for hydroxylation is 1. The molecule has 0 spiro atoms. The number of ether oxygens (including phenoxy) is 2. The van der Waals surface area contributed by atoms with E-state index >= 15 is 0 Å². The summed E-state index contributed by atoms with van der Waals surface area (Å²) >= 11 is 1.13. The number of aliphatic hydroxyl groups is 1. The Hall–Kier alpha value is -3.79. The first-order chi connectivity index (χ1) is 15.4. The number of ketones is 1. The SMILES string of the molecule is COc1ccc(C(O)=C2C(=O)C(=O)N(c3nnc(C)s3)[C@@H]2c2ccccc2OC)cc1F. The highest BCUT2D eigenvalue weighted by Crippen LogP contribution is 2.45. The van der Waals surface area contributed by atoms with E-state index in [4.69, 9.17) is 9.47 Å². The minimum Gasteiger partial charge on any atom is -0.507 e. The van der Waals surface area contributed by atoms with Crippen LogP contribution in [0.5, 0.6) is 11.5 Å². The number of Topliss-reactive ketones (excluding diaryl/α,β-unsaturated/α-hetero) is 1. The average molecular weight is 455 g/mol. The van der Waals surface area contributed by atoms with Crippen LogP contribution < -0.4 is 14.4 Å². The summed E-state index contributed by atoms with van der Waals surface area (Å²) in [5.74, 6) is -2.68. The quantitative estimate of drug-likeness (QED) is 0.356. The van der Waals surface area contributed by atoms with Gasteiger partial charge in [0.2, 0.25) is 5.13 Å². The molecule has 0 radical (unpaired) electrons. The molecule has 1 amide bonds. The lowest BCUT2D eigenvalue weighted by Gasteiger charge is -2.24. The predicted octanol–water partition coefficient (Wildman–Crippen LogP) is 3.63. The molecule has 2 heterocycles. The molecule has 1 aromatic heterocycles. The fourth-order valence-electron chi connectivity index (χ4n) is 3.57. The Labute approximate surface area is 186 Å². The van der Waals surface area contributed by atoms with Crippen LogP contribution in [0.15, 0.2) is 48.0 Å². The Morgan fingerprint density at radius 2 is 1.81 bits per heavy atom. The smallest absolute Gasteiger partial charge is 0.301 e. The molecule has 1 saturated heterocycles. The first-order valence-corrected chi connectivity index (χ1v) is 10.3. The van der Waals surface area contributed by atoms with E-state index in [9.17, 15) is 19.1 Å². The van der Waals surface area contributed by atoms with Gasteiger partial charge in [0.25, 0.3) is 5.78 Å². The van der Waals surface area contributed by atoms with Crippen LogP contribution in [0.2, 0.25) is 0 Å². The van der Waals surface area contributed by atoms with Gasteiger partial charge >= 0.3 is 5.91 Å². The molecule has 2 aromatic carbocycles. The van der Waals surface area contributed by atoms with Gasteiger partial charge in [0, 0.05) is 11.1 Å². The van der Waals surface area contributed by atoms with Crippen molar-refractivity contribution in [3.05, 3.63) is 70.0 Å². The van der Waals surface area contributed by atoms with E-state index in [0.717, 1.165) is 17.4 Å². The zero-order valence-corrected chi connectivity index (χ0v) is 18.1. The second-order valence-corrected chi connectivity index (χ2v) is 8.02. The van der Waals surface area contributed by atoms with E-state index in [1.165, 1.54) is 31.3 Å². The summed E-state index contributed by atoms with van der Waals surface area (Å²) in [5.41, 5.74) is 0.268. The molecular formula is C22H18FN3O5S. The van der Waals surface area contributed by atoms with Crippen LogP contribution in [0.3, 0.4) is 0 Å². The Balaban J connectivity index is 1.97. The van der Waals surface area contributed by atoms with Crippen molar-refractivity contribution >= 4 is 33.9 Å². The van der Waals surface area contributed by atoms with Gasteiger partial charge < -0.3 is 14.6 Å². The molecular weight excluding hydrogens is 437 g/mol. The highest BCUT2D eigenvalue weighted by atomic mass is 32.1. The third kappa shape index (κ3) is 3.48. The monoisotopic (exact) mass is 455 g/mol. The summed E-state index contributed by atoms with van der Waals surface area (Å²) in [6.07, 6.45) is 0. The number of aromatic nitrogens is 2. The summed E-state index contributed by atoms with van der Waals surface area (Å²) < 4.78 is 24.6. The normalized spacial score (nSPS) is 17.6. The van der Waals surface area contributed by atoms with Gasteiger partial charge in [-0.15, -0.1) is 10.2 Å². The molecule has 10 heteroatoms. The number of halogens is 1. The number of rotatable bonds is 5. The van der Waals surface area contributed by atoms with Gasteiger partial charge in [0.15, 0.2) is 11.6 Å². The van der Waals surface area contributed by atoms with Crippen molar-refractivity contribution in [2.75, 3.05) is 19.1 Å². The van der Waals surface area contributed by atoms with Gasteiger partial charge in [0.1, 0.15) is 22.6 Å². The molecule has 8 nitrogen and oxygen atoms in total. The molecule has 4 rings (SSSR count). The minimum atomic E-state index is -1.05. The minimum absolute atomic E-state index is 0.0207. The van der Waals surface area contributed by atoms with Gasteiger partial charge in [-0.25, -0.2) is 4.39 Å². The summed E-state index contributed by atoms with van der Waals surface area (Å²) in [7, 11) is 2.77. The Kier molecular flexibility index (Phi) is 5.62. The molecule has 3 aromatic rings. The second kappa shape index (κ2) is 8.39. The molecule has 1 aliphatic rings. The lowest BCUT2D eigenvalue weighted by molar-refractivity contribution is -0.132. The molecule has 1 aliphatic heterocycles. The Morgan fingerprint density at radius 1 is 1.09 bits per heavy atom. The molecule has 1 fully saturated rings. The molecule has 0 aliphatic carbocycles. The summed E-state index contributed by atoms with van der Waals surface area (Å²) in [4.78, 5) is 27.3. The van der Waals surface area contributed by atoms with Crippen LogP contribution in [-0.2, 0) is 9.59 Å². The maximum absolute atomic E-state index is 14.3. The van der Waals surface area contributed by atoms with Crippen molar-refractivity contribution in [3.8, 4) is 11.5 Å². The van der Waals surface area contributed by atoms with Crippen molar-refractivity contribution in [2.24, 2.45) is 0 Å². The van der Waals surface area contributed by atoms with E-state index in [2.05, 4.69) is 10.2 Å². The van der Waals surface area contributed by atoms with Gasteiger partial charge in [-0.1, -0.05) is 29.5 Å². The number of anilines is 1. The summed E-state index contributed by atoms with van der Waals surface area (Å²) in [5, 5.41) is 19.8. The van der Waals surface area contributed by atoms with E-state index in [-0.39, 0.29) is 22.0 Å². The van der Waals surface area contributed by atoms with Gasteiger partial charge in [-0.3, -0.25) is 14.5 Å². The molecule has 32 heavy (non-hydrogen) atoms. The van der Waals surface area contributed by atoms with Gasteiger partial charge in [-0.05, 0) is 31.2 Å². The van der Waals surface area contributed by atoms with Crippen LogP contribution >= 0.6 is 11.3 Å². The predicted molar refractivity (Wildman–Crippen MR) is 115 cm³/mol. The van der Waals surface area contributed by atoms with Gasteiger partial charge in [-0.2, -0.15) is 0 Å². The number of nitrogens with zero attached hydrogens (tertiary/aromatic N) is 3. The zero-order chi connectivity index (χ0) is 23.0. The van der Waals surface area contributed by atoms with Crippen molar-refractivity contribution in [3.63, 3.8) is 0 Å². The van der Waals surface area contributed by atoms with E-state index < -0.39 is 29.3 Å². The Morgan fingerprint density at radius 3 is 2.44 bits per heavy atom. The standard InChI is InChI=1S/C22H18FN3O5S/c1-11-24-25-22(32-11)26-18(13-6-4-5-7-15(13)30-2)17(20(28)21(26)29)19(27)12-8-9-16(31-3)14(23)10-12/h4-10,18,27H,1-3H3/t18-/m1/s1. The van der Waals surface area contributed by atoms with Crippen LogP contribution in [0.1, 0.15) is 22.2 Å². The maximum atomic E-state index is 14.3. The summed E-state index contributed by atoms with van der Waals surface area (Å²) in [6, 6.07) is 9.52. The van der Waals surface area contributed by atoms with Crippen molar-refractivity contribution < 1.29 is 28.6 Å². The zero-order valence-electron chi connectivity index (χ0n) is 17.3. The third-order valence-corrected chi connectivity index (χ3v) is 5.86. The van der Waals surface area contributed by atoms with Crippen molar-refractivity contribution in [1.29, 1.82) is 0 Å². The molecule has 0 saturated carbocycles. The number of benzene rings is 2. The molecule has 0 bridgehead atoms. The number of hydrogen-bond acceptors (Lipinski definition) is 8. The van der Waals surface area contributed by atoms with Crippen LogP contribution in [0.25, 0.3) is 5.76 Å². The molecule has 0 unspecified atom stereocenters. The number of carbonyl (C=O) groups is 2. The molecule has 1 atom stereocenters. The lowest BCUT2D eigenvalue weighted by atomic mass is 9.94. The highest BCUT2D eigenvalue weighted by Gasteiger charge is 2.49. The Bertz CT molecular complexity index is 1260. The number of aliphatic hydroxyl groups excluding tert-OH is 1. The second-order valence-electron chi connectivity index (χ2n) is 6.86. The fraction of sp³-hybridized carbons (Fsp3) is 0.182. The van der Waals surface area contributed by atoms with Crippen LogP contribution in [0.4, 0.5) is 9.52 Å². The number of carbonyl (C=O) groups excluding carboxylic acids is 2. The van der Waals surface area contributed by atoms with Crippen molar-refractivity contribution in [1.82, 2.24) is 10.2 Å².